The van der Waals surface area contributed by atoms with E-state index in [0.29, 0.717) is 35.3 Å². The van der Waals surface area contributed by atoms with Crippen LogP contribution in [0.3, 0.4) is 0 Å². The summed E-state index contributed by atoms with van der Waals surface area (Å²) < 4.78 is 11.2. The molecule has 24 heavy (non-hydrogen) atoms. The fourth-order valence-corrected chi connectivity index (χ4v) is 3.09. The molecule has 1 aliphatic rings. The second kappa shape index (κ2) is 7.42. The number of nitrogens with zero attached hydrogens (tertiary/aromatic N) is 1. The lowest BCUT2D eigenvalue weighted by molar-refractivity contribution is 0.0502. The molecule has 132 valence electrons. The number of alkyl carbamates (subject to hydrolysis) is 1. The van der Waals surface area contributed by atoms with E-state index in [0.717, 1.165) is 0 Å². The monoisotopic (exact) mass is 398 g/mol. The second-order valence-electron chi connectivity index (χ2n) is 6.70. The smallest absolute Gasteiger partial charge is 0.407 e. The lowest BCUT2D eigenvalue weighted by atomic mass is 10.1. The van der Waals surface area contributed by atoms with Gasteiger partial charge in [-0.2, -0.15) is 0 Å². The maximum absolute atomic E-state index is 12.8. The number of methoxy groups -OCH3 is 1. The van der Waals surface area contributed by atoms with E-state index in [9.17, 15) is 9.59 Å². The molecule has 1 unspecified atom stereocenters. The summed E-state index contributed by atoms with van der Waals surface area (Å²) in [5.41, 5.74) is -0.0431. The maximum Gasteiger partial charge on any atom is 0.407 e. The van der Waals surface area contributed by atoms with Crippen molar-refractivity contribution in [3.05, 3.63) is 28.2 Å². The Bertz CT molecular complexity index is 628. The lowest BCUT2D eigenvalue weighted by Crippen LogP contribution is -2.41. The summed E-state index contributed by atoms with van der Waals surface area (Å²) in [6.45, 7) is 6.47. The largest absolute Gasteiger partial charge is 0.496 e. The molecular weight excluding hydrogens is 376 g/mol. The number of carbonyl (C=O) groups is 2. The minimum absolute atomic E-state index is 0.114. The van der Waals surface area contributed by atoms with Gasteiger partial charge >= 0.3 is 6.09 Å². The van der Waals surface area contributed by atoms with Gasteiger partial charge in [-0.1, -0.05) is 6.07 Å². The first-order valence-electron chi connectivity index (χ1n) is 7.82. The van der Waals surface area contributed by atoms with Gasteiger partial charge in [-0.05, 0) is 55.3 Å². The van der Waals surface area contributed by atoms with Crippen LogP contribution in [0.5, 0.6) is 5.75 Å². The van der Waals surface area contributed by atoms with E-state index in [4.69, 9.17) is 9.47 Å². The van der Waals surface area contributed by atoms with E-state index >= 15 is 0 Å². The van der Waals surface area contributed by atoms with Gasteiger partial charge in [0.15, 0.2) is 0 Å². The summed E-state index contributed by atoms with van der Waals surface area (Å²) >= 11 is 3.41. The van der Waals surface area contributed by atoms with Gasteiger partial charge in [0, 0.05) is 17.6 Å². The van der Waals surface area contributed by atoms with Gasteiger partial charge in [-0.15, -0.1) is 0 Å². The zero-order chi connectivity index (χ0) is 17.9. The Morgan fingerprint density at radius 2 is 2.04 bits per heavy atom. The molecule has 7 heteroatoms. The van der Waals surface area contributed by atoms with E-state index in [2.05, 4.69) is 21.2 Å². The summed E-state index contributed by atoms with van der Waals surface area (Å²) in [5.74, 6) is 0.408. The van der Waals surface area contributed by atoms with Crippen molar-refractivity contribution in [3.8, 4) is 5.75 Å². The highest BCUT2D eigenvalue weighted by Gasteiger charge is 2.31. The average molecular weight is 399 g/mol. The number of amides is 2. The first kappa shape index (κ1) is 18.6. The van der Waals surface area contributed by atoms with Gasteiger partial charge in [-0.25, -0.2) is 4.79 Å². The number of hydrogen-bond acceptors (Lipinski definition) is 4. The van der Waals surface area contributed by atoms with E-state index in [-0.39, 0.29) is 11.9 Å². The summed E-state index contributed by atoms with van der Waals surface area (Å²) in [5, 5.41) is 2.82. The molecule has 1 saturated heterocycles. The van der Waals surface area contributed by atoms with Crippen LogP contribution in [-0.2, 0) is 4.74 Å². The topological polar surface area (TPSA) is 67.9 Å². The van der Waals surface area contributed by atoms with Crippen LogP contribution in [0.4, 0.5) is 4.79 Å². The van der Waals surface area contributed by atoms with Crippen molar-refractivity contribution in [1.29, 1.82) is 0 Å². The Morgan fingerprint density at radius 3 is 2.67 bits per heavy atom. The summed E-state index contributed by atoms with van der Waals surface area (Å²) in [6.07, 6.45) is 0.234. The molecule has 1 aromatic rings. The predicted molar refractivity (Wildman–Crippen MR) is 94.4 cm³/mol. The average Bonchev–Trinajstić information content (AvgIpc) is 2.92. The highest BCUT2D eigenvalue weighted by molar-refractivity contribution is 9.10. The van der Waals surface area contributed by atoms with Crippen LogP contribution in [0.25, 0.3) is 0 Å². The number of likely N-dealkylation sites (tertiary alicyclic amines) is 1. The third-order valence-corrected chi connectivity index (χ3v) is 4.27. The van der Waals surface area contributed by atoms with Crippen LogP contribution in [0.15, 0.2) is 22.7 Å². The molecule has 0 saturated carbocycles. The van der Waals surface area contributed by atoms with E-state index in [1.165, 1.54) is 7.11 Å². The molecular formula is C17H23BrN2O4. The first-order chi connectivity index (χ1) is 11.2. The Morgan fingerprint density at radius 1 is 1.33 bits per heavy atom. The molecule has 1 atom stereocenters. The fourth-order valence-electron chi connectivity index (χ4n) is 2.58. The molecule has 1 fully saturated rings. The second-order valence-corrected chi connectivity index (χ2v) is 7.55. The highest BCUT2D eigenvalue weighted by Crippen LogP contribution is 2.29. The van der Waals surface area contributed by atoms with Gasteiger partial charge in [0.2, 0.25) is 0 Å². The Hall–Kier alpha value is -1.76. The molecule has 1 N–H and O–H groups in total. The van der Waals surface area contributed by atoms with Gasteiger partial charge in [0.05, 0.1) is 18.7 Å². The van der Waals surface area contributed by atoms with Gasteiger partial charge in [0.25, 0.3) is 5.91 Å². The fraction of sp³-hybridized carbons (Fsp3) is 0.529. The molecule has 1 aliphatic heterocycles. The van der Waals surface area contributed by atoms with Crippen molar-refractivity contribution in [2.24, 2.45) is 0 Å². The minimum Gasteiger partial charge on any atom is -0.496 e. The quantitative estimate of drug-likeness (QED) is 0.848. The van der Waals surface area contributed by atoms with Crippen LogP contribution in [-0.4, -0.2) is 48.7 Å². The molecule has 0 radical (unpaired) electrons. The van der Waals surface area contributed by atoms with Crippen LogP contribution in [0.1, 0.15) is 37.6 Å². The number of benzene rings is 1. The SMILES string of the molecule is COc1cccc(Br)c1C(=O)N1CCC(NC(=O)OC(C)(C)C)C1. The summed E-state index contributed by atoms with van der Waals surface area (Å²) in [6, 6.07) is 5.26. The molecule has 0 aliphatic carbocycles. The molecule has 0 bridgehead atoms. The van der Waals surface area contributed by atoms with Crippen molar-refractivity contribution >= 4 is 27.9 Å². The highest BCUT2D eigenvalue weighted by atomic mass is 79.9. The third kappa shape index (κ3) is 4.63. The van der Waals surface area contributed by atoms with Gasteiger partial charge in [0.1, 0.15) is 11.4 Å². The van der Waals surface area contributed by atoms with Crippen molar-refractivity contribution in [1.82, 2.24) is 10.2 Å². The summed E-state index contributed by atoms with van der Waals surface area (Å²) in [4.78, 5) is 26.3. The number of hydrogen-bond donors (Lipinski definition) is 1. The standard InChI is InChI=1S/C17H23BrN2O4/c1-17(2,3)24-16(22)19-11-8-9-20(10-11)15(21)14-12(18)6-5-7-13(14)23-4/h5-7,11H,8-10H2,1-4H3,(H,19,22). The van der Waals surface area contributed by atoms with Crippen molar-refractivity contribution in [2.75, 3.05) is 20.2 Å². The molecule has 1 aromatic carbocycles. The van der Waals surface area contributed by atoms with Crippen molar-refractivity contribution < 1.29 is 19.1 Å². The Balaban J connectivity index is 2.01. The zero-order valence-electron chi connectivity index (χ0n) is 14.4. The lowest BCUT2D eigenvalue weighted by Gasteiger charge is -2.22. The maximum atomic E-state index is 12.8. The number of carbonyl (C=O) groups excluding carboxylic acids is 2. The van der Waals surface area contributed by atoms with Crippen LogP contribution in [0.2, 0.25) is 0 Å². The van der Waals surface area contributed by atoms with Crippen molar-refractivity contribution in [2.45, 2.75) is 38.8 Å². The minimum atomic E-state index is -0.541. The normalized spacial score (nSPS) is 17.5. The summed E-state index contributed by atoms with van der Waals surface area (Å²) in [7, 11) is 1.54. The van der Waals surface area contributed by atoms with Gasteiger partial charge < -0.3 is 19.7 Å². The Kier molecular flexibility index (Phi) is 5.74. The molecule has 2 rings (SSSR count). The van der Waals surface area contributed by atoms with Crippen LogP contribution >= 0.6 is 15.9 Å². The Labute approximate surface area is 150 Å². The van der Waals surface area contributed by atoms with E-state index in [1.54, 1.807) is 11.0 Å². The molecule has 1 heterocycles. The number of ether oxygens (including phenoxy) is 2. The molecule has 2 amide bonds. The van der Waals surface area contributed by atoms with Crippen molar-refractivity contribution in [3.63, 3.8) is 0 Å². The van der Waals surface area contributed by atoms with Crippen LogP contribution < -0.4 is 10.1 Å². The molecule has 6 nitrogen and oxygen atoms in total. The number of rotatable bonds is 3. The zero-order valence-corrected chi connectivity index (χ0v) is 16.0. The first-order valence-corrected chi connectivity index (χ1v) is 8.62. The predicted octanol–water partition coefficient (Wildman–Crippen LogP) is 3.20. The molecule has 0 spiro atoms. The number of nitrogens with one attached hydrogen (secondary N) is 1. The van der Waals surface area contributed by atoms with Gasteiger partial charge in [-0.3, -0.25) is 4.79 Å². The van der Waals surface area contributed by atoms with E-state index < -0.39 is 11.7 Å². The third-order valence-electron chi connectivity index (χ3n) is 3.61. The van der Waals surface area contributed by atoms with E-state index in [1.807, 2.05) is 32.9 Å². The van der Waals surface area contributed by atoms with Crippen LogP contribution in [0, 0.1) is 0 Å². The number of halogens is 1. The molecule has 0 aromatic heterocycles.